The summed E-state index contributed by atoms with van der Waals surface area (Å²) in [5, 5.41) is 13.4. The van der Waals surface area contributed by atoms with E-state index in [1.807, 2.05) is 6.07 Å². The Kier molecular flexibility index (Phi) is 9.59. The number of nitrogens with one attached hydrogen (secondary N) is 1. The van der Waals surface area contributed by atoms with E-state index in [2.05, 4.69) is 21.2 Å². The maximum Gasteiger partial charge on any atom is 0.220 e. The molecule has 0 radical (unpaired) electrons. The standard InChI is InChI=1S/C23H31Cl3N4O/c24-19-15-21(26)22(16-20(19)25)30-13-11-29(12-14-30)10-8-17-4-6-18(7-5-17)28-23(31)3-1-2-9-27/h15-18H,1-8,10-14H2,(H,28,31). The summed E-state index contributed by atoms with van der Waals surface area (Å²) in [6.07, 6.45) is 7.29. The molecule has 0 bridgehead atoms. The molecule has 2 aliphatic rings. The van der Waals surface area contributed by atoms with Crippen molar-refractivity contribution in [2.24, 2.45) is 5.92 Å². The van der Waals surface area contributed by atoms with Crippen LogP contribution in [0.4, 0.5) is 5.69 Å². The third-order valence-corrected chi connectivity index (χ3v) is 7.49. The van der Waals surface area contributed by atoms with Gasteiger partial charge in [-0.05, 0) is 63.1 Å². The van der Waals surface area contributed by atoms with E-state index in [0.29, 0.717) is 40.4 Å². The van der Waals surface area contributed by atoms with Gasteiger partial charge in [-0.15, -0.1) is 0 Å². The maximum atomic E-state index is 11.9. The van der Waals surface area contributed by atoms with Gasteiger partial charge in [-0.25, -0.2) is 0 Å². The first-order valence-electron chi connectivity index (χ1n) is 11.2. The number of hydrogen-bond acceptors (Lipinski definition) is 4. The SMILES string of the molecule is N#CCCCC(=O)NC1CCC(CCN2CCN(c3cc(Cl)c(Cl)cc3Cl)CC2)CC1. The number of amides is 1. The van der Waals surface area contributed by atoms with Crippen LogP contribution in [-0.2, 0) is 4.79 Å². The summed E-state index contributed by atoms with van der Waals surface area (Å²) in [5.41, 5.74) is 0.962. The van der Waals surface area contributed by atoms with Crippen molar-refractivity contribution in [3.8, 4) is 6.07 Å². The van der Waals surface area contributed by atoms with Crippen LogP contribution in [-0.4, -0.2) is 49.6 Å². The highest BCUT2D eigenvalue weighted by Gasteiger charge is 2.24. The molecule has 1 aliphatic carbocycles. The highest BCUT2D eigenvalue weighted by Crippen LogP contribution is 2.35. The third-order valence-electron chi connectivity index (χ3n) is 6.46. The number of unbranched alkanes of at least 4 members (excludes halogenated alkanes) is 1. The van der Waals surface area contributed by atoms with E-state index in [4.69, 9.17) is 40.1 Å². The quantitative estimate of drug-likeness (QED) is 0.388. The van der Waals surface area contributed by atoms with E-state index in [0.717, 1.165) is 57.2 Å². The predicted molar refractivity (Wildman–Crippen MR) is 128 cm³/mol. The summed E-state index contributed by atoms with van der Waals surface area (Å²) in [5.74, 6) is 0.841. The molecule has 1 saturated heterocycles. The summed E-state index contributed by atoms with van der Waals surface area (Å²) >= 11 is 18.6. The first-order chi connectivity index (χ1) is 15.0. The van der Waals surface area contributed by atoms with Crippen molar-refractivity contribution in [3.05, 3.63) is 27.2 Å². The molecule has 1 aliphatic heterocycles. The van der Waals surface area contributed by atoms with Gasteiger partial charge < -0.3 is 10.2 Å². The Labute approximate surface area is 200 Å². The lowest BCUT2D eigenvalue weighted by Crippen LogP contribution is -2.47. The zero-order chi connectivity index (χ0) is 22.2. The molecule has 31 heavy (non-hydrogen) atoms. The molecule has 1 aromatic carbocycles. The number of nitrogens with zero attached hydrogens (tertiary/aromatic N) is 3. The van der Waals surface area contributed by atoms with Gasteiger partial charge in [0, 0.05) is 45.1 Å². The Hall–Kier alpha value is -1.19. The minimum atomic E-state index is 0.0960. The summed E-state index contributed by atoms with van der Waals surface area (Å²) in [4.78, 5) is 16.7. The van der Waals surface area contributed by atoms with Gasteiger partial charge in [-0.2, -0.15) is 5.26 Å². The van der Waals surface area contributed by atoms with Gasteiger partial charge in [0.05, 0.1) is 26.8 Å². The number of nitriles is 1. The van der Waals surface area contributed by atoms with E-state index >= 15 is 0 Å². The second-order valence-corrected chi connectivity index (χ2v) is 9.85. The Morgan fingerprint density at radius 2 is 1.71 bits per heavy atom. The lowest BCUT2D eigenvalue weighted by Gasteiger charge is -2.37. The van der Waals surface area contributed by atoms with Gasteiger partial charge in [0.25, 0.3) is 0 Å². The zero-order valence-electron chi connectivity index (χ0n) is 17.9. The molecule has 1 saturated carbocycles. The average molecular weight is 486 g/mol. The van der Waals surface area contributed by atoms with Crippen LogP contribution in [0.15, 0.2) is 12.1 Å². The summed E-state index contributed by atoms with van der Waals surface area (Å²) < 4.78 is 0. The molecule has 1 amide bonds. The van der Waals surface area contributed by atoms with Crippen LogP contribution in [0.3, 0.4) is 0 Å². The molecule has 170 valence electrons. The van der Waals surface area contributed by atoms with Crippen LogP contribution in [0.1, 0.15) is 51.4 Å². The number of hydrogen-bond donors (Lipinski definition) is 1. The molecule has 0 aromatic heterocycles. The number of carbonyl (C=O) groups excluding carboxylic acids is 1. The van der Waals surface area contributed by atoms with Crippen molar-refractivity contribution in [1.82, 2.24) is 10.2 Å². The molecule has 5 nitrogen and oxygen atoms in total. The summed E-state index contributed by atoms with van der Waals surface area (Å²) in [6, 6.07) is 5.98. The Bertz CT molecular complexity index is 782. The number of rotatable bonds is 8. The fourth-order valence-corrected chi connectivity index (χ4v) is 5.22. The monoisotopic (exact) mass is 484 g/mol. The largest absolute Gasteiger partial charge is 0.368 e. The smallest absolute Gasteiger partial charge is 0.220 e. The van der Waals surface area contributed by atoms with Crippen LogP contribution >= 0.6 is 34.8 Å². The highest BCUT2D eigenvalue weighted by atomic mass is 35.5. The first-order valence-corrected chi connectivity index (χ1v) is 12.4. The lowest BCUT2D eigenvalue weighted by atomic mass is 9.84. The van der Waals surface area contributed by atoms with E-state index in [9.17, 15) is 4.79 Å². The topological polar surface area (TPSA) is 59.4 Å². The fourth-order valence-electron chi connectivity index (χ4n) is 4.56. The molecule has 1 heterocycles. The number of carbonyl (C=O) groups is 1. The van der Waals surface area contributed by atoms with Crippen molar-refractivity contribution in [3.63, 3.8) is 0 Å². The van der Waals surface area contributed by atoms with E-state index in [-0.39, 0.29) is 5.91 Å². The highest BCUT2D eigenvalue weighted by molar-refractivity contribution is 6.44. The van der Waals surface area contributed by atoms with Crippen LogP contribution < -0.4 is 10.2 Å². The lowest BCUT2D eigenvalue weighted by molar-refractivity contribution is -0.122. The number of anilines is 1. The molecular weight excluding hydrogens is 455 g/mol. The molecule has 0 unspecified atom stereocenters. The van der Waals surface area contributed by atoms with Crippen molar-refractivity contribution < 1.29 is 4.79 Å². The van der Waals surface area contributed by atoms with Crippen molar-refractivity contribution in [1.29, 1.82) is 5.26 Å². The van der Waals surface area contributed by atoms with Crippen molar-refractivity contribution >= 4 is 46.4 Å². The van der Waals surface area contributed by atoms with Crippen molar-refractivity contribution in [2.45, 2.75) is 57.4 Å². The van der Waals surface area contributed by atoms with Gasteiger partial charge in [0.15, 0.2) is 0 Å². The molecule has 0 spiro atoms. The molecule has 1 N–H and O–H groups in total. The van der Waals surface area contributed by atoms with Crippen LogP contribution in [0, 0.1) is 17.2 Å². The van der Waals surface area contributed by atoms with Crippen LogP contribution in [0.5, 0.6) is 0 Å². The zero-order valence-corrected chi connectivity index (χ0v) is 20.2. The first kappa shape index (κ1) is 24.5. The molecular formula is C23H31Cl3N4O. The number of halogens is 3. The predicted octanol–water partition coefficient (Wildman–Crippen LogP) is 5.53. The minimum absolute atomic E-state index is 0.0960. The molecule has 1 aromatic rings. The molecule has 2 fully saturated rings. The molecule has 0 atom stereocenters. The van der Waals surface area contributed by atoms with Gasteiger partial charge in [-0.3, -0.25) is 9.69 Å². The van der Waals surface area contributed by atoms with E-state index in [1.54, 1.807) is 6.07 Å². The Balaban J connectivity index is 1.33. The second-order valence-electron chi connectivity index (χ2n) is 8.63. The number of benzene rings is 1. The van der Waals surface area contributed by atoms with Crippen LogP contribution in [0.2, 0.25) is 15.1 Å². The Morgan fingerprint density at radius 3 is 2.39 bits per heavy atom. The molecule has 8 heteroatoms. The van der Waals surface area contributed by atoms with Crippen molar-refractivity contribution in [2.75, 3.05) is 37.6 Å². The minimum Gasteiger partial charge on any atom is -0.368 e. The average Bonchev–Trinajstić information content (AvgIpc) is 2.76. The summed E-state index contributed by atoms with van der Waals surface area (Å²) in [7, 11) is 0. The van der Waals surface area contributed by atoms with Gasteiger partial charge >= 0.3 is 0 Å². The van der Waals surface area contributed by atoms with Crippen LogP contribution in [0.25, 0.3) is 0 Å². The maximum absolute atomic E-state index is 11.9. The fraction of sp³-hybridized carbons (Fsp3) is 0.652. The summed E-state index contributed by atoms with van der Waals surface area (Å²) in [6.45, 7) is 5.03. The number of piperazine rings is 1. The third kappa shape index (κ3) is 7.43. The second kappa shape index (κ2) is 12.2. The van der Waals surface area contributed by atoms with Gasteiger partial charge in [0.1, 0.15) is 0 Å². The van der Waals surface area contributed by atoms with E-state index in [1.165, 1.54) is 19.3 Å². The Morgan fingerprint density at radius 1 is 1.03 bits per heavy atom. The normalized spacial score (nSPS) is 22.2. The van der Waals surface area contributed by atoms with Gasteiger partial charge in [-0.1, -0.05) is 34.8 Å². The van der Waals surface area contributed by atoms with E-state index < -0.39 is 0 Å². The molecule has 3 rings (SSSR count). The van der Waals surface area contributed by atoms with Gasteiger partial charge in [0.2, 0.25) is 5.91 Å².